The molecule has 1 unspecified atom stereocenters. The number of hydrogen-bond acceptors (Lipinski definition) is 6. The first-order chi connectivity index (χ1) is 9.74. The monoisotopic (exact) mass is 278 g/mol. The molecule has 0 aromatic heterocycles. The zero-order valence-corrected chi connectivity index (χ0v) is 10.7. The van der Waals surface area contributed by atoms with Gasteiger partial charge in [0.25, 0.3) is 5.69 Å². The van der Waals surface area contributed by atoms with Gasteiger partial charge in [-0.05, 0) is 18.9 Å². The summed E-state index contributed by atoms with van der Waals surface area (Å²) in [5.74, 6) is 0.918. The highest BCUT2D eigenvalue weighted by Crippen LogP contribution is 2.40. The molecule has 0 spiro atoms. The minimum Gasteiger partial charge on any atom is -0.497 e. The van der Waals surface area contributed by atoms with Crippen molar-refractivity contribution in [2.75, 3.05) is 18.7 Å². The van der Waals surface area contributed by atoms with Crippen LogP contribution in [0.2, 0.25) is 0 Å². The second kappa shape index (κ2) is 5.28. The van der Waals surface area contributed by atoms with Crippen LogP contribution in [0.4, 0.5) is 11.4 Å². The summed E-state index contributed by atoms with van der Waals surface area (Å²) in [5, 5.41) is 14.2. The van der Waals surface area contributed by atoms with Crippen molar-refractivity contribution >= 4 is 11.4 Å². The number of rotatable bonds is 4. The summed E-state index contributed by atoms with van der Waals surface area (Å²) in [5.41, 5.74) is 0.387. The van der Waals surface area contributed by atoms with Crippen molar-refractivity contribution in [1.82, 2.24) is 0 Å². The third kappa shape index (κ3) is 2.47. The van der Waals surface area contributed by atoms with Crippen LogP contribution in [-0.4, -0.2) is 24.4 Å². The molecule has 0 saturated heterocycles. The molecule has 2 aliphatic heterocycles. The van der Waals surface area contributed by atoms with Crippen molar-refractivity contribution < 1.29 is 19.1 Å². The summed E-state index contributed by atoms with van der Waals surface area (Å²) in [6, 6.07) is 2.98. The second-order valence-corrected chi connectivity index (χ2v) is 4.57. The maximum absolute atomic E-state index is 11.1. The van der Waals surface area contributed by atoms with E-state index < -0.39 is 4.92 Å². The molecular formula is C13H14N2O5. The summed E-state index contributed by atoms with van der Waals surface area (Å²) in [4.78, 5) is 10.7. The zero-order chi connectivity index (χ0) is 13.9. The lowest BCUT2D eigenvalue weighted by Crippen LogP contribution is -2.23. The van der Waals surface area contributed by atoms with E-state index in [1.54, 1.807) is 12.3 Å². The van der Waals surface area contributed by atoms with Crippen LogP contribution in [0.3, 0.4) is 0 Å². The van der Waals surface area contributed by atoms with E-state index in [0.29, 0.717) is 23.7 Å². The van der Waals surface area contributed by atoms with E-state index in [1.807, 2.05) is 6.08 Å². The summed E-state index contributed by atoms with van der Waals surface area (Å²) < 4.78 is 15.8. The topological polar surface area (TPSA) is 82.9 Å². The van der Waals surface area contributed by atoms with Gasteiger partial charge < -0.3 is 19.5 Å². The number of allylic oxidation sites excluding steroid dienone is 1. The predicted molar refractivity (Wildman–Crippen MR) is 71.0 cm³/mol. The summed E-state index contributed by atoms with van der Waals surface area (Å²) in [6.45, 7) is 0.595. The van der Waals surface area contributed by atoms with E-state index in [0.717, 1.165) is 12.8 Å². The Balaban J connectivity index is 1.77. The molecule has 3 rings (SSSR count). The van der Waals surface area contributed by atoms with Crippen LogP contribution < -0.4 is 14.8 Å². The van der Waals surface area contributed by atoms with Crippen molar-refractivity contribution in [3.8, 4) is 11.5 Å². The second-order valence-electron chi connectivity index (χ2n) is 4.57. The van der Waals surface area contributed by atoms with Gasteiger partial charge in [-0.2, -0.15) is 0 Å². The normalized spacial score (nSPS) is 19.5. The number of fused-ring (bicyclic) bond motifs is 1. The fourth-order valence-corrected chi connectivity index (χ4v) is 2.18. The molecule has 0 amide bonds. The van der Waals surface area contributed by atoms with Crippen LogP contribution in [0.5, 0.6) is 11.5 Å². The quantitative estimate of drug-likeness (QED) is 0.672. The van der Waals surface area contributed by atoms with Crippen molar-refractivity contribution in [3.05, 3.63) is 34.6 Å². The molecule has 2 aliphatic rings. The largest absolute Gasteiger partial charge is 0.497 e. The molecule has 1 aromatic carbocycles. The number of ether oxygens (including phenoxy) is 3. The van der Waals surface area contributed by atoms with E-state index >= 15 is 0 Å². The molecule has 2 heterocycles. The number of benzene rings is 1. The fourth-order valence-electron chi connectivity index (χ4n) is 2.18. The zero-order valence-electron chi connectivity index (χ0n) is 10.7. The Hall–Kier alpha value is -2.44. The highest BCUT2D eigenvalue weighted by atomic mass is 16.7. The first-order valence-corrected chi connectivity index (χ1v) is 6.36. The Morgan fingerprint density at radius 2 is 2.15 bits per heavy atom. The fraction of sp³-hybridized carbons (Fsp3) is 0.385. The van der Waals surface area contributed by atoms with Crippen LogP contribution >= 0.6 is 0 Å². The first kappa shape index (κ1) is 12.6. The average molecular weight is 278 g/mol. The van der Waals surface area contributed by atoms with Crippen LogP contribution in [-0.2, 0) is 4.74 Å². The number of hydrogen-bond donors (Lipinski definition) is 1. The third-order valence-electron chi connectivity index (χ3n) is 3.23. The average Bonchev–Trinajstić information content (AvgIpc) is 2.92. The lowest BCUT2D eigenvalue weighted by atomic mass is 10.1. The minimum absolute atomic E-state index is 0.0185. The SMILES string of the molecule is O=[N+]([O-])c1cc2c(cc1NCC1CCC=CO1)OCO2. The maximum atomic E-state index is 11.1. The maximum Gasteiger partial charge on any atom is 0.296 e. The Labute approximate surface area is 115 Å². The van der Waals surface area contributed by atoms with Gasteiger partial charge in [-0.15, -0.1) is 0 Å². The van der Waals surface area contributed by atoms with Crippen LogP contribution in [0.15, 0.2) is 24.5 Å². The first-order valence-electron chi connectivity index (χ1n) is 6.36. The number of nitro benzene ring substituents is 1. The lowest BCUT2D eigenvalue weighted by Gasteiger charge is -2.20. The highest BCUT2D eigenvalue weighted by Gasteiger charge is 2.24. The smallest absolute Gasteiger partial charge is 0.296 e. The Morgan fingerprint density at radius 3 is 2.85 bits per heavy atom. The Bertz CT molecular complexity index is 558. The minimum atomic E-state index is -0.439. The molecule has 1 N–H and O–H groups in total. The van der Waals surface area contributed by atoms with Crippen molar-refractivity contribution in [3.63, 3.8) is 0 Å². The Kier molecular flexibility index (Phi) is 3.32. The molecule has 7 nitrogen and oxygen atoms in total. The van der Waals surface area contributed by atoms with Gasteiger partial charge >= 0.3 is 0 Å². The van der Waals surface area contributed by atoms with Gasteiger partial charge in [-0.1, -0.05) is 0 Å². The molecule has 7 heteroatoms. The molecule has 0 bridgehead atoms. The van der Waals surface area contributed by atoms with Crippen LogP contribution in [0.25, 0.3) is 0 Å². The van der Waals surface area contributed by atoms with E-state index in [9.17, 15) is 10.1 Å². The number of anilines is 1. The number of nitrogens with zero attached hydrogens (tertiary/aromatic N) is 1. The summed E-state index contributed by atoms with van der Waals surface area (Å²) in [7, 11) is 0. The van der Waals surface area contributed by atoms with Gasteiger partial charge in [-0.3, -0.25) is 10.1 Å². The van der Waals surface area contributed by atoms with E-state index in [-0.39, 0.29) is 18.6 Å². The number of nitrogens with one attached hydrogen (secondary N) is 1. The predicted octanol–water partition coefficient (Wildman–Crippen LogP) is 2.43. The Morgan fingerprint density at radius 1 is 1.35 bits per heavy atom. The molecular weight excluding hydrogens is 264 g/mol. The van der Waals surface area contributed by atoms with Crippen LogP contribution in [0, 0.1) is 10.1 Å². The standard InChI is InChI=1S/C13H14N2O5/c16-15(17)11-6-13-12(19-8-20-13)5-10(11)14-7-9-3-1-2-4-18-9/h2,4-6,9,14H,1,3,7-8H2. The summed E-state index contributed by atoms with van der Waals surface area (Å²) >= 11 is 0. The van der Waals surface area contributed by atoms with Crippen molar-refractivity contribution in [2.24, 2.45) is 0 Å². The van der Waals surface area contributed by atoms with E-state index in [2.05, 4.69) is 5.32 Å². The highest BCUT2D eigenvalue weighted by molar-refractivity contribution is 5.69. The van der Waals surface area contributed by atoms with Gasteiger partial charge in [0.15, 0.2) is 11.5 Å². The summed E-state index contributed by atoms with van der Waals surface area (Å²) in [6.07, 6.45) is 5.49. The molecule has 0 aliphatic carbocycles. The molecule has 1 aromatic rings. The van der Waals surface area contributed by atoms with Crippen molar-refractivity contribution in [1.29, 1.82) is 0 Å². The molecule has 1 atom stereocenters. The third-order valence-corrected chi connectivity index (χ3v) is 3.23. The van der Waals surface area contributed by atoms with E-state index in [4.69, 9.17) is 14.2 Å². The van der Waals surface area contributed by atoms with Gasteiger partial charge in [0, 0.05) is 6.07 Å². The molecule has 106 valence electrons. The number of nitro groups is 1. The van der Waals surface area contributed by atoms with E-state index in [1.165, 1.54) is 6.07 Å². The molecule has 0 fully saturated rings. The van der Waals surface area contributed by atoms with Gasteiger partial charge in [-0.25, -0.2) is 0 Å². The van der Waals surface area contributed by atoms with Gasteiger partial charge in [0.1, 0.15) is 11.8 Å². The van der Waals surface area contributed by atoms with Crippen LogP contribution in [0.1, 0.15) is 12.8 Å². The molecule has 0 saturated carbocycles. The van der Waals surface area contributed by atoms with Crippen molar-refractivity contribution in [2.45, 2.75) is 18.9 Å². The molecule has 0 radical (unpaired) electrons. The van der Waals surface area contributed by atoms with Gasteiger partial charge in [0.2, 0.25) is 6.79 Å². The van der Waals surface area contributed by atoms with Gasteiger partial charge in [0.05, 0.1) is 23.8 Å². The molecule has 20 heavy (non-hydrogen) atoms. The lowest BCUT2D eigenvalue weighted by molar-refractivity contribution is -0.384.